The number of hydrogen-bond acceptors (Lipinski definition) is 3. The van der Waals surface area contributed by atoms with Crippen LogP contribution < -0.4 is 5.32 Å². The van der Waals surface area contributed by atoms with Gasteiger partial charge in [-0.1, -0.05) is 25.1 Å². The van der Waals surface area contributed by atoms with Gasteiger partial charge in [0, 0.05) is 30.8 Å². The Bertz CT molecular complexity index is 536. The first-order valence-electron chi connectivity index (χ1n) is 8.01. The minimum Gasteiger partial charge on any atom is -0.382 e. The Hall–Kier alpha value is -1.45. The fourth-order valence-corrected chi connectivity index (χ4v) is 2.65. The molecule has 0 radical (unpaired) electrons. The lowest BCUT2D eigenvalue weighted by Gasteiger charge is -2.20. The molecule has 0 spiro atoms. The standard InChI is InChI=1S/C18H26N2O/c1-3-12-19-18(11-7-14-21-4-2)15-8-5-10-17-16(15)9-6-13-20-17/h5-6,8-10,13,18-19H,3-4,7,11-12,14H2,1-2H3. The molecule has 1 N–H and O–H groups in total. The predicted molar refractivity (Wildman–Crippen MR) is 88.5 cm³/mol. The summed E-state index contributed by atoms with van der Waals surface area (Å²) in [7, 11) is 0. The van der Waals surface area contributed by atoms with Gasteiger partial charge >= 0.3 is 0 Å². The Morgan fingerprint density at radius 2 is 2.10 bits per heavy atom. The number of pyridine rings is 1. The van der Waals surface area contributed by atoms with E-state index < -0.39 is 0 Å². The van der Waals surface area contributed by atoms with Gasteiger partial charge in [0.05, 0.1) is 5.52 Å². The third-order valence-electron chi connectivity index (χ3n) is 3.68. The highest BCUT2D eigenvalue weighted by Crippen LogP contribution is 2.26. The molecule has 2 rings (SSSR count). The zero-order chi connectivity index (χ0) is 14.9. The van der Waals surface area contributed by atoms with Crippen LogP contribution >= 0.6 is 0 Å². The molecular weight excluding hydrogens is 260 g/mol. The van der Waals surface area contributed by atoms with E-state index in [0.29, 0.717) is 6.04 Å². The molecule has 2 aromatic rings. The molecule has 0 saturated heterocycles. The van der Waals surface area contributed by atoms with Crippen LogP contribution in [0.4, 0.5) is 0 Å². The van der Waals surface area contributed by atoms with E-state index in [2.05, 4.69) is 41.5 Å². The van der Waals surface area contributed by atoms with Gasteiger partial charge in [-0.3, -0.25) is 4.98 Å². The van der Waals surface area contributed by atoms with Gasteiger partial charge in [0.1, 0.15) is 0 Å². The van der Waals surface area contributed by atoms with E-state index in [4.69, 9.17) is 4.74 Å². The zero-order valence-electron chi connectivity index (χ0n) is 13.1. The number of ether oxygens (including phenoxy) is 1. The molecule has 114 valence electrons. The van der Waals surface area contributed by atoms with Gasteiger partial charge in [-0.25, -0.2) is 0 Å². The fraction of sp³-hybridized carbons (Fsp3) is 0.500. The Balaban J connectivity index is 2.17. The zero-order valence-corrected chi connectivity index (χ0v) is 13.1. The molecule has 1 heterocycles. The van der Waals surface area contributed by atoms with Crippen LogP contribution in [0.2, 0.25) is 0 Å². The summed E-state index contributed by atoms with van der Waals surface area (Å²) in [6.07, 6.45) is 5.17. The Morgan fingerprint density at radius 3 is 2.90 bits per heavy atom. The largest absolute Gasteiger partial charge is 0.382 e. The molecular formula is C18H26N2O. The molecule has 0 fully saturated rings. The highest BCUT2D eigenvalue weighted by molar-refractivity contribution is 5.82. The number of nitrogens with zero attached hydrogens (tertiary/aromatic N) is 1. The fourth-order valence-electron chi connectivity index (χ4n) is 2.65. The van der Waals surface area contributed by atoms with E-state index in [0.717, 1.165) is 44.5 Å². The molecule has 0 aliphatic carbocycles. The smallest absolute Gasteiger partial charge is 0.0705 e. The van der Waals surface area contributed by atoms with E-state index in [1.54, 1.807) is 0 Å². The monoisotopic (exact) mass is 286 g/mol. The number of rotatable bonds is 9. The average molecular weight is 286 g/mol. The molecule has 0 aliphatic rings. The van der Waals surface area contributed by atoms with Crippen molar-refractivity contribution in [2.24, 2.45) is 0 Å². The minimum atomic E-state index is 0.373. The third-order valence-corrected chi connectivity index (χ3v) is 3.68. The molecule has 1 atom stereocenters. The summed E-state index contributed by atoms with van der Waals surface area (Å²) in [5, 5.41) is 4.93. The molecule has 0 bridgehead atoms. The van der Waals surface area contributed by atoms with Gasteiger partial charge in [-0.15, -0.1) is 0 Å². The summed E-state index contributed by atoms with van der Waals surface area (Å²) < 4.78 is 5.47. The van der Waals surface area contributed by atoms with Crippen molar-refractivity contribution in [2.75, 3.05) is 19.8 Å². The maximum Gasteiger partial charge on any atom is 0.0705 e. The maximum atomic E-state index is 5.47. The first-order chi connectivity index (χ1) is 10.4. The van der Waals surface area contributed by atoms with Crippen molar-refractivity contribution in [3.63, 3.8) is 0 Å². The molecule has 0 amide bonds. The molecule has 3 heteroatoms. The van der Waals surface area contributed by atoms with Gasteiger partial charge < -0.3 is 10.1 Å². The van der Waals surface area contributed by atoms with Crippen LogP contribution in [0.5, 0.6) is 0 Å². The normalized spacial score (nSPS) is 12.7. The van der Waals surface area contributed by atoms with Crippen LogP contribution in [-0.4, -0.2) is 24.7 Å². The van der Waals surface area contributed by atoms with Gasteiger partial charge in [-0.2, -0.15) is 0 Å². The summed E-state index contributed by atoms with van der Waals surface area (Å²) in [5.74, 6) is 0. The van der Waals surface area contributed by atoms with E-state index >= 15 is 0 Å². The molecule has 1 unspecified atom stereocenters. The Labute approximate surface area is 127 Å². The first kappa shape index (κ1) is 15.9. The van der Waals surface area contributed by atoms with Crippen molar-refractivity contribution in [3.8, 4) is 0 Å². The van der Waals surface area contributed by atoms with Gasteiger partial charge in [0.25, 0.3) is 0 Å². The van der Waals surface area contributed by atoms with Crippen LogP contribution in [0, 0.1) is 0 Å². The van der Waals surface area contributed by atoms with E-state index in [-0.39, 0.29) is 0 Å². The van der Waals surface area contributed by atoms with E-state index in [1.165, 1.54) is 10.9 Å². The topological polar surface area (TPSA) is 34.1 Å². The number of fused-ring (bicyclic) bond motifs is 1. The SMILES string of the molecule is CCCNC(CCCOCC)c1cccc2ncccc12. The number of benzene rings is 1. The Morgan fingerprint density at radius 1 is 1.19 bits per heavy atom. The molecule has 21 heavy (non-hydrogen) atoms. The lowest BCUT2D eigenvalue weighted by molar-refractivity contribution is 0.141. The first-order valence-corrected chi connectivity index (χ1v) is 8.01. The van der Waals surface area contributed by atoms with Crippen molar-refractivity contribution in [3.05, 3.63) is 42.1 Å². The maximum absolute atomic E-state index is 5.47. The lowest BCUT2D eigenvalue weighted by Crippen LogP contribution is -2.22. The summed E-state index contributed by atoms with van der Waals surface area (Å²) in [5.41, 5.74) is 2.42. The van der Waals surface area contributed by atoms with Crippen LogP contribution in [-0.2, 0) is 4.74 Å². The molecule has 1 aromatic heterocycles. The van der Waals surface area contributed by atoms with Crippen molar-refractivity contribution in [2.45, 2.75) is 39.2 Å². The van der Waals surface area contributed by atoms with Crippen LogP contribution in [0.1, 0.15) is 44.7 Å². The molecule has 0 aliphatic heterocycles. The highest BCUT2D eigenvalue weighted by Gasteiger charge is 2.13. The molecule has 3 nitrogen and oxygen atoms in total. The van der Waals surface area contributed by atoms with Crippen LogP contribution in [0.25, 0.3) is 10.9 Å². The second-order valence-corrected chi connectivity index (χ2v) is 5.26. The number of hydrogen-bond donors (Lipinski definition) is 1. The van der Waals surface area contributed by atoms with E-state index in [9.17, 15) is 0 Å². The Kier molecular flexibility index (Phi) is 6.64. The average Bonchev–Trinajstić information content (AvgIpc) is 2.54. The summed E-state index contributed by atoms with van der Waals surface area (Å²) in [6, 6.07) is 11.0. The third kappa shape index (κ3) is 4.51. The summed E-state index contributed by atoms with van der Waals surface area (Å²) in [4.78, 5) is 4.46. The second-order valence-electron chi connectivity index (χ2n) is 5.26. The van der Waals surface area contributed by atoms with Crippen molar-refractivity contribution >= 4 is 10.9 Å². The molecule has 1 aromatic carbocycles. The van der Waals surface area contributed by atoms with Crippen LogP contribution in [0.15, 0.2) is 36.5 Å². The number of aromatic nitrogens is 1. The summed E-state index contributed by atoms with van der Waals surface area (Å²) >= 11 is 0. The quantitative estimate of drug-likeness (QED) is 0.705. The molecule has 0 saturated carbocycles. The van der Waals surface area contributed by atoms with Crippen molar-refractivity contribution in [1.82, 2.24) is 10.3 Å². The van der Waals surface area contributed by atoms with Crippen LogP contribution in [0.3, 0.4) is 0 Å². The van der Waals surface area contributed by atoms with Gasteiger partial charge in [-0.05, 0) is 50.4 Å². The highest BCUT2D eigenvalue weighted by atomic mass is 16.5. The lowest BCUT2D eigenvalue weighted by atomic mass is 9.97. The van der Waals surface area contributed by atoms with Gasteiger partial charge in [0.15, 0.2) is 0 Å². The van der Waals surface area contributed by atoms with E-state index in [1.807, 2.05) is 19.2 Å². The van der Waals surface area contributed by atoms with Crippen molar-refractivity contribution < 1.29 is 4.74 Å². The minimum absolute atomic E-state index is 0.373. The second kappa shape index (κ2) is 8.75. The predicted octanol–water partition coefficient (Wildman–Crippen LogP) is 4.09. The van der Waals surface area contributed by atoms with Gasteiger partial charge in [0.2, 0.25) is 0 Å². The summed E-state index contributed by atoms with van der Waals surface area (Å²) in [6.45, 7) is 6.92. The number of nitrogens with one attached hydrogen (secondary N) is 1. The van der Waals surface area contributed by atoms with Crippen molar-refractivity contribution in [1.29, 1.82) is 0 Å².